The van der Waals surface area contributed by atoms with Crippen molar-refractivity contribution in [1.29, 1.82) is 0 Å². The van der Waals surface area contributed by atoms with Gasteiger partial charge in [-0.15, -0.1) is 0 Å². The molecule has 0 fully saturated rings. The number of hydrogen-bond acceptors (Lipinski definition) is 7. The number of H-pyrrole nitrogens is 1. The zero-order valence-electron chi connectivity index (χ0n) is 19.7. The number of nitrogens with zero attached hydrogens (tertiary/aromatic N) is 5. The van der Waals surface area contributed by atoms with E-state index in [0.717, 1.165) is 46.6 Å². The van der Waals surface area contributed by atoms with Crippen molar-refractivity contribution in [2.24, 2.45) is 0 Å². The van der Waals surface area contributed by atoms with Crippen molar-refractivity contribution in [3.63, 3.8) is 0 Å². The summed E-state index contributed by atoms with van der Waals surface area (Å²) in [5.41, 5.74) is 4.16. The number of ether oxygens (including phenoxy) is 2. The number of nitrogens with one attached hydrogen (secondary N) is 1. The summed E-state index contributed by atoms with van der Waals surface area (Å²) >= 11 is 0. The lowest BCUT2D eigenvalue weighted by Gasteiger charge is -2.21. The number of aromatic amines is 1. The predicted molar refractivity (Wildman–Crippen MR) is 136 cm³/mol. The summed E-state index contributed by atoms with van der Waals surface area (Å²) in [5.74, 6) is 2.92. The van der Waals surface area contributed by atoms with E-state index < -0.39 is 0 Å². The Morgan fingerprint density at radius 3 is 2.60 bits per heavy atom. The number of rotatable bonds is 9. The molecule has 0 spiro atoms. The largest absolute Gasteiger partial charge is 0.497 e. The Balaban J connectivity index is 1.46. The van der Waals surface area contributed by atoms with E-state index in [1.807, 2.05) is 73.3 Å². The molecule has 0 unspecified atom stereocenters. The molecule has 0 saturated carbocycles. The van der Waals surface area contributed by atoms with Crippen LogP contribution in [0, 0.1) is 0 Å². The molecule has 2 aromatic carbocycles. The van der Waals surface area contributed by atoms with E-state index in [0.29, 0.717) is 11.6 Å². The highest BCUT2D eigenvalue weighted by Gasteiger charge is 2.14. The zero-order valence-corrected chi connectivity index (χ0v) is 19.7. The van der Waals surface area contributed by atoms with Gasteiger partial charge in [-0.1, -0.05) is 12.1 Å². The summed E-state index contributed by atoms with van der Waals surface area (Å²) in [4.78, 5) is 16.0. The van der Waals surface area contributed by atoms with Crippen LogP contribution in [0.2, 0.25) is 0 Å². The van der Waals surface area contributed by atoms with Gasteiger partial charge in [-0.3, -0.25) is 10.1 Å². The van der Waals surface area contributed by atoms with Gasteiger partial charge in [0.1, 0.15) is 23.9 Å². The van der Waals surface area contributed by atoms with Crippen molar-refractivity contribution >= 4 is 16.7 Å². The molecule has 0 amide bonds. The molecule has 0 radical (unpaired) electrons. The van der Waals surface area contributed by atoms with Crippen molar-refractivity contribution in [2.75, 3.05) is 25.6 Å². The third-order valence-electron chi connectivity index (χ3n) is 5.81. The maximum absolute atomic E-state index is 5.99. The zero-order chi connectivity index (χ0) is 24.0. The Kier molecular flexibility index (Phi) is 6.52. The molecular weight excluding hydrogens is 440 g/mol. The highest BCUT2D eigenvalue weighted by Crippen LogP contribution is 2.29. The summed E-state index contributed by atoms with van der Waals surface area (Å²) in [6.07, 6.45) is 8.21. The molecule has 0 atom stereocenters. The van der Waals surface area contributed by atoms with Crippen LogP contribution >= 0.6 is 0 Å². The van der Waals surface area contributed by atoms with E-state index in [4.69, 9.17) is 19.4 Å². The van der Waals surface area contributed by atoms with Gasteiger partial charge in [0.25, 0.3) is 0 Å². The van der Waals surface area contributed by atoms with Crippen LogP contribution in [0.25, 0.3) is 22.0 Å². The van der Waals surface area contributed by atoms with Crippen LogP contribution in [0.15, 0.2) is 79.4 Å². The second kappa shape index (κ2) is 10.2. The number of hydrogen-bond donors (Lipinski definition) is 1. The molecule has 5 rings (SSSR count). The van der Waals surface area contributed by atoms with Crippen LogP contribution in [0.5, 0.6) is 11.5 Å². The molecule has 8 nitrogen and oxygen atoms in total. The summed E-state index contributed by atoms with van der Waals surface area (Å²) in [6, 6.07) is 17.8. The lowest BCUT2D eigenvalue weighted by atomic mass is 10.1. The van der Waals surface area contributed by atoms with Crippen LogP contribution in [0.3, 0.4) is 0 Å². The average Bonchev–Trinajstić information content (AvgIpc) is 3.46. The first-order valence-corrected chi connectivity index (χ1v) is 11.4. The molecule has 3 aromatic heterocycles. The standard InChI is InChI=1S/C27H26N6O2/c1-33(13-10-19-8-11-28-12-9-19)27-24-14-20(21-16-29-30-17-21)6-7-25(24)31-26(32-27)18-35-23-5-3-4-22(15-23)34-2/h3-9,11-12,14-17H,10,13,18H2,1-2H3,(H,29,30). The SMILES string of the molecule is COc1cccc(OCc2nc(N(C)CCc3ccncc3)c3cc(-c4cn[nH]c4)ccc3n2)c1. The van der Waals surface area contributed by atoms with Crippen LogP contribution in [-0.4, -0.2) is 45.9 Å². The first-order chi connectivity index (χ1) is 17.2. The molecule has 0 saturated heterocycles. The maximum Gasteiger partial charge on any atom is 0.168 e. The quantitative estimate of drug-likeness (QED) is 0.337. The minimum absolute atomic E-state index is 0.248. The fourth-order valence-electron chi connectivity index (χ4n) is 3.89. The molecule has 3 heterocycles. The number of pyridine rings is 1. The Labute approximate surface area is 203 Å². The third-order valence-corrected chi connectivity index (χ3v) is 5.81. The molecule has 1 N–H and O–H groups in total. The van der Waals surface area contributed by atoms with Gasteiger partial charge in [0.2, 0.25) is 0 Å². The highest BCUT2D eigenvalue weighted by molar-refractivity contribution is 5.93. The second-order valence-electron chi connectivity index (χ2n) is 8.18. The molecule has 8 heteroatoms. The molecule has 0 aliphatic heterocycles. The van der Waals surface area contributed by atoms with Crippen LogP contribution < -0.4 is 14.4 Å². The van der Waals surface area contributed by atoms with Crippen molar-refractivity contribution in [3.05, 3.63) is 90.8 Å². The molecular formula is C27H26N6O2. The molecule has 35 heavy (non-hydrogen) atoms. The van der Waals surface area contributed by atoms with Crippen LogP contribution in [0.1, 0.15) is 11.4 Å². The normalized spacial score (nSPS) is 10.9. The van der Waals surface area contributed by atoms with Gasteiger partial charge >= 0.3 is 0 Å². The average molecular weight is 467 g/mol. The number of fused-ring (bicyclic) bond motifs is 1. The van der Waals surface area contributed by atoms with Crippen molar-refractivity contribution in [2.45, 2.75) is 13.0 Å². The topological polar surface area (TPSA) is 89.0 Å². The number of methoxy groups -OCH3 is 1. The number of likely N-dealkylation sites (N-methyl/N-ethyl adjacent to an activating group) is 1. The van der Waals surface area contributed by atoms with Gasteiger partial charge in [-0.25, -0.2) is 9.97 Å². The summed E-state index contributed by atoms with van der Waals surface area (Å²) in [7, 11) is 3.69. The Hall–Kier alpha value is -4.46. The first-order valence-electron chi connectivity index (χ1n) is 11.4. The molecule has 176 valence electrons. The van der Waals surface area contributed by atoms with Gasteiger partial charge in [0.05, 0.1) is 18.8 Å². The van der Waals surface area contributed by atoms with E-state index in [1.165, 1.54) is 5.56 Å². The van der Waals surface area contributed by atoms with Crippen molar-refractivity contribution in [1.82, 2.24) is 25.1 Å². The molecule has 0 aliphatic carbocycles. The number of benzene rings is 2. The molecule has 5 aromatic rings. The summed E-state index contributed by atoms with van der Waals surface area (Å²) in [5, 5.41) is 7.94. The lowest BCUT2D eigenvalue weighted by molar-refractivity contribution is 0.294. The van der Waals surface area contributed by atoms with E-state index in [-0.39, 0.29) is 6.61 Å². The molecule has 0 bridgehead atoms. The minimum atomic E-state index is 0.248. The van der Waals surface area contributed by atoms with Gasteiger partial charge in [0.15, 0.2) is 5.82 Å². The van der Waals surface area contributed by atoms with Gasteiger partial charge in [0, 0.05) is 49.2 Å². The fraction of sp³-hybridized carbons (Fsp3) is 0.185. The monoisotopic (exact) mass is 466 g/mol. The van der Waals surface area contributed by atoms with E-state index in [1.54, 1.807) is 7.11 Å². The minimum Gasteiger partial charge on any atom is -0.497 e. The van der Waals surface area contributed by atoms with Crippen LogP contribution in [0.4, 0.5) is 5.82 Å². The Bertz CT molecular complexity index is 1410. The summed E-state index contributed by atoms with van der Waals surface area (Å²) in [6.45, 7) is 1.04. The highest BCUT2D eigenvalue weighted by atomic mass is 16.5. The first kappa shape index (κ1) is 22.3. The smallest absolute Gasteiger partial charge is 0.168 e. The van der Waals surface area contributed by atoms with E-state index in [2.05, 4.69) is 33.2 Å². The van der Waals surface area contributed by atoms with E-state index in [9.17, 15) is 0 Å². The fourth-order valence-corrected chi connectivity index (χ4v) is 3.89. The maximum atomic E-state index is 5.99. The Morgan fingerprint density at radius 1 is 0.943 bits per heavy atom. The van der Waals surface area contributed by atoms with Gasteiger partial charge in [-0.2, -0.15) is 5.10 Å². The van der Waals surface area contributed by atoms with Crippen molar-refractivity contribution in [3.8, 4) is 22.6 Å². The van der Waals surface area contributed by atoms with E-state index >= 15 is 0 Å². The predicted octanol–water partition coefficient (Wildman–Crippen LogP) is 4.68. The van der Waals surface area contributed by atoms with Gasteiger partial charge in [-0.05, 0) is 53.9 Å². The summed E-state index contributed by atoms with van der Waals surface area (Å²) < 4.78 is 11.3. The Morgan fingerprint density at radius 2 is 1.80 bits per heavy atom. The second-order valence-corrected chi connectivity index (χ2v) is 8.18. The lowest BCUT2D eigenvalue weighted by Crippen LogP contribution is -2.22. The number of aromatic nitrogens is 5. The van der Waals surface area contributed by atoms with Crippen LogP contribution in [-0.2, 0) is 13.0 Å². The van der Waals surface area contributed by atoms with Gasteiger partial charge < -0.3 is 14.4 Å². The third kappa shape index (κ3) is 5.22. The molecule has 0 aliphatic rings. The van der Waals surface area contributed by atoms with Crippen molar-refractivity contribution < 1.29 is 9.47 Å². The number of anilines is 1.